The Bertz CT molecular complexity index is 400. The van der Waals surface area contributed by atoms with E-state index < -0.39 is 5.97 Å². The number of anilines is 1. The van der Waals surface area contributed by atoms with Crippen molar-refractivity contribution in [2.45, 2.75) is 0 Å². The molecule has 1 aliphatic heterocycles. The van der Waals surface area contributed by atoms with Gasteiger partial charge in [0.2, 0.25) is 0 Å². The van der Waals surface area contributed by atoms with Gasteiger partial charge in [-0.05, 0) is 12.1 Å². The van der Waals surface area contributed by atoms with Gasteiger partial charge in [-0.15, -0.1) is 0 Å². The predicted molar refractivity (Wildman–Crippen MR) is 60.1 cm³/mol. The zero-order valence-electron chi connectivity index (χ0n) is 8.81. The van der Waals surface area contributed by atoms with Crippen LogP contribution in [-0.2, 0) is 0 Å². The second kappa shape index (κ2) is 4.40. The Balaban J connectivity index is 2.23. The molecule has 0 radical (unpaired) electrons. The number of nitrogens with zero attached hydrogens (tertiary/aromatic N) is 1. The number of carboxylic acids is 1. The molecule has 0 spiro atoms. The van der Waals surface area contributed by atoms with E-state index in [1.54, 1.807) is 6.07 Å². The largest absolute Gasteiger partial charge is 0.507 e. The first-order valence-electron chi connectivity index (χ1n) is 5.20. The Morgan fingerprint density at radius 1 is 1.31 bits per heavy atom. The van der Waals surface area contributed by atoms with Crippen LogP contribution in [-0.4, -0.2) is 42.4 Å². The molecule has 0 aromatic heterocycles. The minimum absolute atomic E-state index is 0.0566. The summed E-state index contributed by atoms with van der Waals surface area (Å²) < 4.78 is 0. The van der Waals surface area contributed by atoms with Gasteiger partial charge >= 0.3 is 5.97 Å². The highest BCUT2D eigenvalue weighted by atomic mass is 16.4. The maximum absolute atomic E-state index is 10.7. The number of benzene rings is 1. The van der Waals surface area contributed by atoms with E-state index in [0.717, 1.165) is 31.9 Å². The van der Waals surface area contributed by atoms with Crippen molar-refractivity contribution in [1.29, 1.82) is 0 Å². The summed E-state index contributed by atoms with van der Waals surface area (Å²) in [5.74, 6) is -1.28. The highest BCUT2D eigenvalue weighted by Gasteiger charge is 2.14. The fraction of sp³-hybridized carbons (Fsp3) is 0.364. The maximum atomic E-state index is 10.7. The van der Waals surface area contributed by atoms with Crippen LogP contribution in [0.1, 0.15) is 10.4 Å². The first kappa shape index (κ1) is 10.8. The number of carboxylic acid groups (broad SMARTS) is 1. The maximum Gasteiger partial charge on any atom is 0.339 e. The van der Waals surface area contributed by atoms with Crippen molar-refractivity contribution in [2.24, 2.45) is 0 Å². The molecule has 0 bridgehead atoms. The van der Waals surface area contributed by atoms with E-state index in [0.29, 0.717) is 0 Å². The van der Waals surface area contributed by atoms with Gasteiger partial charge in [0, 0.05) is 37.9 Å². The molecule has 2 rings (SSSR count). The summed E-state index contributed by atoms with van der Waals surface area (Å²) in [4.78, 5) is 12.8. The van der Waals surface area contributed by atoms with Crippen LogP contribution in [0.2, 0.25) is 0 Å². The molecular formula is C11H14N2O3. The van der Waals surface area contributed by atoms with E-state index in [-0.39, 0.29) is 11.3 Å². The van der Waals surface area contributed by atoms with Gasteiger partial charge in [-0.1, -0.05) is 0 Å². The molecule has 86 valence electrons. The van der Waals surface area contributed by atoms with Crippen molar-refractivity contribution < 1.29 is 15.0 Å². The number of aromatic carboxylic acids is 1. The van der Waals surface area contributed by atoms with E-state index in [1.165, 1.54) is 12.1 Å². The number of rotatable bonds is 2. The van der Waals surface area contributed by atoms with E-state index in [2.05, 4.69) is 10.2 Å². The number of carbonyl (C=O) groups is 1. The SMILES string of the molecule is O=C(O)c1ccc(N2CCNCC2)cc1O. The highest BCUT2D eigenvalue weighted by molar-refractivity contribution is 5.91. The van der Waals surface area contributed by atoms with Gasteiger partial charge < -0.3 is 20.4 Å². The Morgan fingerprint density at radius 3 is 2.56 bits per heavy atom. The number of hydrogen-bond acceptors (Lipinski definition) is 4. The quantitative estimate of drug-likeness (QED) is 0.679. The zero-order valence-corrected chi connectivity index (χ0v) is 8.81. The van der Waals surface area contributed by atoms with Crippen molar-refractivity contribution in [3.8, 4) is 5.75 Å². The normalized spacial score (nSPS) is 16.1. The standard InChI is InChI=1S/C11H14N2O3/c14-10-7-8(1-2-9(10)11(15)16)13-5-3-12-4-6-13/h1-2,7,12,14H,3-6H2,(H,15,16). The predicted octanol–water partition coefficient (Wildman–Crippen LogP) is 0.500. The lowest BCUT2D eigenvalue weighted by molar-refractivity contribution is 0.0694. The molecule has 0 atom stereocenters. The number of aromatic hydroxyl groups is 1. The summed E-state index contributed by atoms with van der Waals surface area (Å²) in [6, 6.07) is 4.68. The summed E-state index contributed by atoms with van der Waals surface area (Å²) in [7, 11) is 0. The summed E-state index contributed by atoms with van der Waals surface area (Å²) in [5, 5.41) is 21.6. The van der Waals surface area contributed by atoms with E-state index in [1.807, 2.05) is 0 Å². The minimum Gasteiger partial charge on any atom is -0.507 e. The number of nitrogens with one attached hydrogen (secondary N) is 1. The minimum atomic E-state index is -1.11. The van der Waals surface area contributed by atoms with Crippen LogP contribution >= 0.6 is 0 Å². The van der Waals surface area contributed by atoms with Crippen LogP contribution in [0.3, 0.4) is 0 Å². The molecule has 0 saturated carbocycles. The van der Waals surface area contributed by atoms with Crippen molar-refractivity contribution in [2.75, 3.05) is 31.1 Å². The molecule has 1 aliphatic rings. The van der Waals surface area contributed by atoms with Gasteiger partial charge in [0.15, 0.2) is 0 Å². The van der Waals surface area contributed by atoms with Crippen LogP contribution < -0.4 is 10.2 Å². The highest BCUT2D eigenvalue weighted by Crippen LogP contribution is 2.24. The van der Waals surface area contributed by atoms with Crippen LogP contribution in [0.4, 0.5) is 5.69 Å². The molecule has 16 heavy (non-hydrogen) atoms. The van der Waals surface area contributed by atoms with Crippen LogP contribution in [0.25, 0.3) is 0 Å². The van der Waals surface area contributed by atoms with Crippen molar-refractivity contribution in [1.82, 2.24) is 5.32 Å². The van der Waals surface area contributed by atoms with Gasteiger partial charge in [0.25, 0.3) is 0 Å². The Morgan fingerprint density at radius 2 is 2.00 bits per heavy atom. The van der Waals surface area contributed by atoms with E-state index in [9.17, 15) is 9.90 Å². The van der Waals surface area contributed by atoms with Gasteiger partial charge in [-0.3, -0.25) is 0 Å². The lowest BCUT2D eigenvalue weighted by atomic mass is 10.1. The monoisotopic (exact) mass is 222 g/mol. The molecule has 1 aromatic rings. The summed E-state index contributed by atoms with van der Waals surface area (Å²) in [6.45, 7) is 3.54. The Hall–Kier alpha value is -1.75. The molecular weight excluding hydrogens is 208 g/mol. The fourth-order valence-corrected chi connectivity index (χ4v) is 1.82. The molecule has 5 nitrogen and oxygen atoms in total. The third-order valence-corrected chi connectivity index (χ3v) is 2.69. The lowest BCUT2D eigenvalue weighted by Crippen LogP contribution is -2.43. The van der Waals surface area contributed by atoms with Crippen LogP contribution in [0.15, 0.2) is 18.2 Å². The molecule has 3 N–H and O–H groups in total. The summed E-state index contributed by atoms with van der Waals surface area (Å²) >= 11 is 0. The topological polar surface area (TPSA) is 72.8 Å². The molecule has 1 fully saturated rings. The number of phenols is 1. The molecule has 5 heteroatoms. The number of hydrogen-bond donors (Lipinski definition) is 3. The molecule has 0 amide bonds. The molecule has 1 aromatic carbocycles. The fourth-order valence-electron chi connectivity index (χ4n) is 1.82. The molecule has 1 heterocycles. The van der Waals surface area contributed by atoms with Crippen molar-refractivity contribution in [3.63, 3.8) is 0 Å². The summed E-state index contributed by atoms with van der Waals surface area (Å²) in [6.07, 6.45) is 0. The summed E-state index contributed by atoms with van der Waals surface area (Å²) in [5.41, 5.74) is 0.808. The molecule has 0 aliphatic carbocycles. The average Bonchev–Trinajstić information content (AvgIpc) is 2.29. The average molecular weight is 222 g/mol. The molecule has 1 saturated heterocycles. The van der Waals surface area contributed by atoms with Gasteiger partial charge in [0.05, 0.1) is 0 Å². The van der Waals surface area contributed by atoms with Gasteiger partial charge in [-0.2, -0.15) is 0 Å². The van der Waals surface area contributed by atoms with Gasteiger partial charge in [-0.25, -0.2) is 4.79 Å². The Labute approximate surface area is 93.3 Å². The number of piperazine rings is 1. The van der Waals surface area contributed by atoms with Crippen LogP contribution in [0, 0.1) is 0 Å². The smallest absolute Gasteiger partial charge is 0.339 e. The Kier molecular flexibility index (Phi) is 2.96. The van der Waals surface area contributed by atoms with Crippen molar-refractivity contribution >= 4 is 11.7 Å². The second-order valence-corrected chi connectivity index (χ2v) is 3.74. The van der Waals surface area contributed by atoms with Crippen molar-refractivity contribution in [3.05, 3.63) is 23.8 Å². The van der Waals surface area contributed by atoms with Crippen LogP contribution in [0.5, 0.6) is 5.75 Å². The third kappa shape index (κ3) is 2.09. The van der Waals surface area contributed by atoms with Gasteiger partial charge in [0.1, 0.15) is 11.3 Å². The molecule has 0 unspecified atom stereocenters. The zero-order chi connectivity index (χ0) is 11.5. The third-order valence-electron chi connectivity index (χ3n) is 2.69. The first-order valence-corrected chi connectivity index (χ1v) is 5.20. The van der Waals surface area contributed by atoms with E-state index >= 15 is 0 Å². The lowest BCUT2D eigenvalue weighted by Gasteiger charge is -2.29. The van der Waals surface area contributed by atoms with E-state index in [4.69, 9.17) is 5.11 Å². The first-order chi connectivity index (χ1) is 7.68. The second-order valence-electron chi connectivity index (χ2n) is 3.74.